The van der Waals surface area contributed by atoms with E-state index in [1.807, 2.05) is 0 Å². The number of benzene rings is 2. The van der Waals surface area contributed by atoms with Crippen molar-refractivity contribution >= 4 is 43.8 Å². The fourth-order valence-corrected chi connectivity index (χ4v) is 4.06. The Bertz CT molecular complexity index is 1190. The Hall–Kier alpha value is -3.51. The zero-order chi connectivity index (χ0) is 21.2. The van der Waals surface area contributed by atoms with Crippen LogP contribution < -0.4 is 10.0 Å². The number of hydrogen-bond donors (Lipinski definition) is 3. The molecule has 0 radical (unpaired) electrons. The fraction of sp³-hybridized carbons (Fsp3) is 0.0588. The number of rotatable bonds is 6. The van der Waals surface area contributed by atoms with Gasteiger partial charge in [-0.15, -0.1) is 11.3 Å². The predicted molar refractivity (Wildman–Crippen MR) is 107 cm³/mol. The predicted octanol–water partition coefficient (Wildman–Crippen LogP) is 3.12. The molecule has 2 aromatic carbocycles. The third kappa shape index (κ3) is 4.67. The van der Waals surface area contributed by atoms with Crippen molar-refractivity contribution in [2.24, 2.45) is 0 Å². The molecule has 29 heavy (non-hydrogen) atoms. The smallest absolute Gasteiger partial charge is 0.312 e. The molecule has 0 aliphatic carbocycles. The topological polar surface area (TPSA) is 152 Å². The van der Waals surface area contributed by atoms with E-state index in [-0.39, 0.29) is 10.6 Å². The van der Waals surface area contributed by atoms with Gasteiger partial charge >= 0.3 is 5.69 Å². The van der Waals surface area contributed by atoms with E-state index in [1.165, 1.54) is 35.6 Å². The molecule has 150 valence electrons. The average Bonchev–Trinajstić information content (AvgIpc) is 3.06. The van der Waals surface area contributed by atoms with Crippen LogP contribution in [0.5, 0.6) is 5.75 Å². The lowest BCUT2D eigenvalue weighted by atomic mass is 10.2. The number of phenolic OH excluding ortho intramolecular Hbond substituents is 1. The molecule has 1 amide bonds. The highest BCUT2D eigenvalue weighted by Crippen LogP contribution is 2.29. The second-order valence-electron chi connectivity index (χ2n) is 5.84. The number of carbonyl (C=O) groups is 1. The summed E-state index contributed by atoms with van der Waals surface area (Å²) < 4.78 is 27.2. The van der Waals surface area contributed by atoms with Gasteiger partial charge in [0.05, 0.1) is 15.5 Å². The Labute approximate surface area is 169 Å². The molecule has 0 saturated heterocycles. The van der Waals surface area contributed by atoms with E-state index in [2.05, 4.69) is 15.0 Å². The Morgan fingerprint density at radius 2 is 1.90 bits per heavy atom. The first kappa shape index (κ1) is 20.2. The summed E-state index contributed by atoms with van der Waals surface area (Å²) in [6.07, 6.45) is 0. The van der Waals surface area contributed by atoms with Crippen LogP contribution in [0.15, 0.2) is 52.7 Å². The molecule has 3 rings (SSSR count). The number of nitrogens with zero attached hydrogens (tertiary/aromatic N) is 2. The Morgan fingerprint density at radius 3 is 2.48 bits per heavy atom. The highest BCUT2D eigenvalue weighted by molar-refractivity contribution is 7.92. The molecule has 0 fully saturated rings. The molecule has 0 aliphatic heterocycles. The number of aryl methyl sites for hydroxylation is 1. The molecular weight excluding hydrogens is 420 g/mol. The van der Waals surface area contributed by atoms with Gasteiger partial charge in [0.25, 0.3) is 15.9 Å². The lowest BCUT2D eigenvalue weighted by molar-refractivity contribution is -0.386. The number of carbonyl (C=O) groups excluding carboxylic acids is 1. The molecule has 10 nitrogen and oxygen atoms in total. The number of nitro benzene ring substituents is 1. The molecule has 0 bridgehead atoms. The maximum atomic E-state index is 12.4. The molecule has 0 atom stereocenters. The molecule has 0 spiro atoms. The zero-order valence-electron chi connectivity index (χ0n) is 14.8. The Morgan fingerprint density at radius 1 is 1.21 bits per heavy atom. The highest BCUT2D eigenvalue weighted by atomic mass is 32.2. The summed E-state index contributed by atoms with van der Waals surface area (Å²) in [6, 6.07) is 8.35. The van der Waals surface area contributed by atoms with Crippen molar-refractivity contribution in [3.63, 3.8) is 0 Å². The SMILES string of the molecule is Cc1csc(NC(=O)c2ccc(NS(=O)(=O)c3ccc(O)c([N+](=O)[O-])c3)cc2)n1. The minimum absolute atomic E-state index is 0.155. The molecule has 0 aliphatic rings. The van der Waals surface area contributed by atoms with Crippen LogP contribution in [0, 0.1) is 17.0 Å². The summed E-state index contributed by atoms with van der Waals surface area (Å²) in [5.74, 6) is -1.04. The van der Waals surface area contributed by atoms with Gasteiger partial charge in [0.2, 0.25) is 0 Å². The number of nitro groups is 1. The summed E-state index contributed by atoms with van der Waals surface area (Å²) in [7, 11) is -4.14. The molecule has 3 aromatic rings. The minimum Gasteiger partial charge on any atom is -0.502 e. The van der Waals surface area contributed by atoms with Gasteiger partial charge in [-0.3, -0.25) is 24.9 Å². The lowest BCUT2D eigenvalue weighted by Gasteiger charge is -2.09. The first-order chi connectivity index (χ1) is 13.7. The number of nitrogens with one attached hydrogen (secondary N) is 2. The fourth-order valence-electron chi connectivity index (χ4n) is 2.30. The van der Waals surface area contributed by atoms with Crippen molar-refractivity contribution in [2.45, 2.75) is 11.8 Å². The summed E-state index contributed by atoms with van der Waals surface area (Å²) in [6.45, 7) is 1.80. The summed E-state index contributed by atoms with van der Waals surface area (Å²) in [5, 5.41) is 25.2. The quantitative estimate of drug-likeness (QED) is 0.398. The van der Waals surface area contributed by atoms with Gasteiger partial charge in [0.1, 0.15) is 0 Å². The maximum absolute atomic E-state index is 12.4. The van der Waals surface area contributed by atoms with E-state index >= 15 is 0 Å². The van der Waals surface area contributed by atoms with Crippen molar-refractivity contribution in [3.8, 4) is 5.75 Å². The number of phenols is 1. The molecular formula is C17H14N4O6S2. The molecule has 0 saturated carbocycles. The number of aromatic hydroxyl groups is 1. The van der Waals surface area contributed by atoms with Crippen LogP contribution in [-0.2, 0) is 10.0 Å². The summed E-state index contributed by atoms with van der Waals surface area (Å²) in [4.78, 5) is 25.9. The summed E-state index contributed by atoms with van der Waals surface area (Å²) >= 11 is 1.28. The van der Waals surface area contributed by atoms with Crippen LogP contribution in [0.3, 0.4) is 0 Å². The van der Waals surface area contributed by atoms with Crippen molar-refractivity contribution in [1.29, 1.82) is 0 Å². The van der Waals surface area contributed by atoms with Crippen LogP contribution in [0.2, 0.25) is 0 Å². The Kier molecular flexibility index (Phi) is 5.48. The van der Waals surface area contributed by atoms with Crippen LogP contribution in [-0.4, -0.2) is 29.3 Å². The van der Waals surface area contributed by atoms with Gasteiger partial charge in [0.15, 0.2) is 10.9 Å². The molecule has 0 unspecified atom stereocenters. The molecule has 1 aromatic heterocycles. The number of amides is 1. The van der Waals surface area contributed by atoms with Gasteiger partial charge < -0.3 is 5.11 Å². The van der Waals surface area contributed by atoms with Gasteiger partial charge in [0, 0.05) is 22.7 Å². The van der Waals surface area contributed by atoms with Gasteiger partial charge in [-0.1, -0.05) is 0 Å². The van der Waals surface area contributed by atoms with Crippen LogP contribution in [0.25, 0.3) is 0 Å². The monoisotopic (exact) mass is 434 g/mol. The first-order valence-electron chi connectivity index (χ1n) is 7.99. The summed E-state index contributed by atoms with van der Waals surface area (Å²) in [5.41, 5.74) is 0.505. The largest absolute Gasteiger partial charge is 0.502 e. The lowest BCUT2D eigenvalue weighted by Crippen LogP contribution is -2.14. The highest BCUT2D eigenvalue weighted by Gasteiger charge is 2.21. The van der Waals surface area contributed by atoms with Crippen molar-refractivity contribution in [3.05, 3.63) is 69.2 Å². The number of hydrogen-bond acceptors (Lipinski definition) is 8. The second kappa shape index (κ2) is 7.85. The van der Waals surface area contributed by atoms with Crippen LogP contribution in [0.4, 0.5) is 16.5 Å². The van der Waals surface area contributed by atoms with E-state index < -0.39 is 32.3 Å². The van der Waals surface area contributed by atoms with Gasteiger partial charge in [-0.25, -0.2) is 13.4 Å². The van der Waals surface area contributed by atoms with E-state index in [9.17, 15) is 28.4 Å². The standard InChI is InChI=1S/C17H14N4O6S2/c1-10-9-28-17(18-10)19-16(23)11-2-4-12(5-3-11)20-29(26,27)13-6-7-15(22)14(8-13)21(24)25/h2-9,20,22H,1H3,(H,18,19,23). The number of aromatic nitrogens is 1. The first-order valence-corrected chi connectivity index (χ1v) is 10.4. The molecule has 3 N–H and O–H groups in total. The second-order valence-corrected chi connectivity index (χ2v) is 8.38. The van der Waals surface area contributed by atoms with E-state index in [0.717, 1.165) is 23.9 Å². The van der Waals surface area contributed by atoms with Gasteiger partial charge in [-0.05, 0) is 43.3 Å². The van der Waals surface area contributed by atoms with Gasteiger partial charge in [-0.2, -0.15) is 0 Å². The van der Waals surface area contributed by atoms with E-state index in [0.29, 0.717) is 10.7 Å². The molecule has 12 heteroatoms. The van der Waals surface area contributed by atoms with Crippen molar-refractivity contribution in [1.82, 2.24) is 4.98 Å². The third-order valence-corrected chi connectivity index (χ3v) is 5.95. The number of anilines is 2. The zero-order valence-corrected chi connectivity index (χ0v) is 16.5. The van der Waals surface area contributed by atoms with E-state index in [1.54, 1.807) is 12.3 Å². The third-order valence-electron chi connectivity index (χ3n) is 3.69. The average molecular weight is 434 g/mol. The number of thiazole rings is 1. The van der Waals surface area contributed by atoms with Crippen molar-refractivity contribution < 1.29 is 23.2 Å². The number of sulfonamides is 1. The minimum atomic E-state index is -4.14. The Balaban J connectivity index is 1.75. The van der Waals surface area contributed by atoms with E-state index in [4.69, 9.17) is 0 Å². The van der Waals surface area contributed by atoms with Crippen LogP contribution >= 0.6 is 11.3 Å². The maximum Gasteiger partial charge on any atom is 0.312 e. The normalized spacial score (nSPS) is 11.1. The van der Waals surface area contributed by atoms with Crippen LogP contribution in [0.1, 0.15) is 16.1 Å². The molecule has 1 heterocycles. The van der Waals surface area contributed by atoms with Crippen molar-refractivity contribution in [2.75, 3.05) is 10.0 Å².